The van der Waals surface area contributed by atoms with Gasteiger partial charge in [-0.2, -0.15) is 0 Å². The van der Waals surface area contributed by atoms with Crippen LogP contribution in [0.5, 0.6) is 0 Å². The fourth-order valence-electron chi connectivity index (χ4n) is 1.90. The van der Waals surface area contributed by atoms with Crippen LogP contribution < -0.4 is 16.4 Å². The van der Waals surface area contributed by atoms with Gasteiger partial charge in [-0.1, -0.05) is 13.8 Å². The molecule has 0 spiro atoms. The SMILES string of the molecule is CC(C)CC(NC(=O)C(NC(=O)C(N)CC(=O)O)C(C)O)C(=O)O. The van der Waals surface area contributed by atoms with Gasteiger partial charge in [0.2, 0.25) is 11.8 Å². The normalized spacial score (nSPS) is 15.9. The molecule has 0 saturated carbocycles. The molecule has 0 bridgehead atoms. The second-order valence-corrected chi connectivity index (χ2v) is 5.96. The van der Waals surface area contributed by atoms with E-state index in [9.17, 15) is 24.3 Å². The van der Waals surface area contributed by atoms with Crippen LogP contribution in [-0.4, -0.2) is 63.3 Å². The van der Waals surface area contributed by atoms with Crippen LogP contribution in [-0.2, 0) is 19.2 Å². The molecule has 0 saturated heterocycles. The van der Waals surface area contributed by atoms with E-state index < -0.39 is 54.4 Å². The average Bonchev–Trinajstić information content (AvgIpc) is 2.41. The van der Waals surface area contributed by atoms with Gasteiger partial charge in [0.05, 0.1) is 18.6 Å². The highest BCUT2D eigenvalue weighted by Gasteiger charge is 2.31. The van der Waals surface area contributed by atoms with Crippen LogP contribution in [0.15, 0.2) is 0 Å². The molecule has 0 rings (SSSR count). The summed E-state index contributed by atoms with van der Waals surface area (Å²) in [7, 11) is 0. The fourth-order valence-corrected chi connectivity index (χ4v) is 1.90. The Labute approximate surface area is 139 Å². The number of hydrogen-bond acceptors (Lipinski definition) is 6. The summed E-state index contributed by atoms with van der Waals surface area (Å²) in [5.41, 5.74) is 5.38. The van der Waals surface area contributed by atoms with Crippen molar-refractivity contribution >= 4 is 23.8 Å². The van der Waals surface area contributed by atoms with Gasteiger partial charge in [-0.05, 0) is 19.3 Å². The molecule has 0 aliphatic heterocycles. The summed E-state index contributed by atoms with van der Waals surface area (Å²) in [5.74, 6) is -4.37. The molecule has 10 nitrogen and oxygen atoms in total. The topological polar surface area (TPSA) is 179 Å². The minimum atomic E-state index is -1.45. The van der Waals surface area contributed by atoms with Crippen molar-refractivity contribution in [3.05, 3.63) is 0 Å². The zero-order chi connectivity index (χ0) is 19.0. The minimum absolute atomic E-state index is 0.00465. The van der Waals surface area contributed by atoms with Crippen molar-refractivity contribution in [2.24, 2.45) is 11.7 Å². The lowest BCUT2D eigenvalue weighted by Crippen LogP contribution is -2.58. The lowest BCUT2D eigenvalue weighted by atomic mass is 10.0. The predicted molar refractivity (Wildman–Crippen MR) is 82.9 cm³/mol. The molecule has 0 heterocycles. The van der Waals surface area contributed by atoms with Gasteiger partial charge < -0.3 is 31.7 Å². The van der Waals surface area contributed by atoms with E-state index in [4.69, 9.17) is 15.9 Å². The van der Waals surface area contributed by atoms with Crippen molar-refractivity contribution in [1.29, 1.82) is 0 Å². The van der Waals surface area contributed by atoms with Gasteiger partial charge in [0.25, 0.3) is 0 Å². The maximum Gasteiger partial charge on any atom is 0.326 e. The van der Waals surface area contributed by atoms with E-state index in [2.05, 4.69) is 10.6 Å². The fraction of sp³-hybridized carbons (Fsp3) is 0.714. The first-order chi connectivity index (χ1) is 11.0. The first-order valence-electron chi connectivity index (χ1n) is 7.44. The van der Waals surface area contributed by atoms with E-state index in [-0.39, 0.29) is 12.3 Å². The van der Waals surface area contributed by atoms with E-state index in [0.717, 1.165) is 0 Å². The summed E-state index contributed by atoms with van der Waals surface area (Å²) < 4.78 is 0. The number of carboxylic acid groups (broad SMARTS) is 2. The number of amides is 2. The third-order valence-corrected chi connectivity index (χ3v) is 3.12. The standard InChI is InChI=1S/C14H25N3O7/c1-6(2)4-9(14(23)24)16-13(22)11(7(3)18)17-12(21)8(15)5-10(19)20/h6-9,11,18H,4-5,15H2,1-3H3,(H,16,22)(H,17,21)(H,19,20)(H,23,24). The lowest BCUT2D eigenvalue weighted by molar-refractivity contribution is -0.143. The van der Waals surface area contributed by atoms with Gasteiger partial charge in [-0.25, -0.2) is 4.79 Å². The predicted octanol–water partition coefficient (Wildman–Crippen LogP) is -1.73. The molecular weight excluding hydrogens is 322 g/mol. The number of carbonyl (C=O) groups is 4. The Hall–Kier alpha value is -2.20. The third kappa shape index (κ3) is 7.88. The van der Waals surface area contributed by atoms with Crippen LogP contribution in [0.2, 0.25) is 0 Å². The first-order valence-corrected chi connectivity index (χ1v) is 7.44. The van der Waals surface area contributed by atoms with Crippen LogP contribution in [0, 0.1) is 5.92 Å². The van der Waals surface area contributed by atoms with E-state index in [1.54, 1.807) is 13.8 Å². The van der Waals surface area contributed by atoms with Crippen LogP contribution >= 0.6 is 0 Å². The monoisotopic (exact) mass is 347 g/mol. The smallest absolute Gasteiger partial charge is 0.326 e. The van der Waals surface area contributed by atoms with Gasteiger partial charge in [0, 0.05) is 0 Å². The van der Waals surface area contributed by atoms with Crippen LogP contribution in [0.1, 0.15) is 33.6 Å². The first kappa shape index (κ1) is 21.8. The van der Waals surface area contributed by atoms with Crippen molar-refractivity contribution in [3.8, 4) is 0 Å². The van der Waals surface area contributed by atoms with Gasteiger partial charge >= 0.3 is 11.9 Å². The molecule has 0 aromatic heterocycles. The highest BCUT2D eigenvalue weighted by molar-refractivity contribution is 5.93. The van der Waals surface area contributed by atoms with E-state index in [1.165, 1.54) is 6.92 Å². The van der Waals surface area contributed by atoms with E-state index in [0.29, 0.717) is 0 Å². The summed E-state index contributed by atoms with van der Waals surface area (Å²) in [5, 5.41) is 31.7. The highest BCUT2D eigenvalue weighted by atomic mass is 16.4. The Morgan fingerprint density at radius 2 is 1.54 bits per heavy atom. The summed E-state index contributed by atoms with van der Waals surface area (Å²) >= 11 is 0. The van der Waals surface area contributed by atoms with Gasteiger partial charge in [-0.3, -0.25) is 14.4 Å². The molecule has 4 atom stereocenters. The number of aliphatic hydroxyl groups is 1. The van der Waals surface area contributed by atoms with Gasteiger partial charge in [0.15, 0.2) is 0 Å². The number of nitrogens with one attached hydrogen (secondary N) is 2. The van der Waals surface area contributed by atoms with Crippen LogP contribution in [0.25, 0.3) is 0 Å². The molecule has 2 amide bonds. The quantitative estimate of drug-likeness (QED) is 0.270. The number of carboxylic acids is 2. The van der Waals surface area contributed by atoms with Crippen molar-refractivity contribution in [1.82, 2.24) is 10.6 Å². The van der Waals surface area contributed by atoms with E-state index >= 15 is 0 Å². The Bertz CT molecular complexity index is 479. The Morgan fingerprint density at radius 3 is 1.92 bits per heavy atom. The van der Waals surface area contributed by atoms with Crippen molar-refractivity contribution in [3.63, 3.8) is 0 Å². The number of aliphatic carboxylic acids is 2. The zero-order valence-electron chi connectivity index (χ0n) is 13.9. The summed E-state index contributed by atoms with van der Waals surface area (Å²) in [6, 6.07) is -4.03. The molecule has 0 fully saturated rings. The number of carbonyl (C=O) groups excluding carboxylic acids is 2. The molecule has 7 N–H and O–H groups in total. The molecule has 0 aliphatic carbocycles. The second-order valence-electron chi connectivity index (χ2n) is 5.96. The summed E-state index contributed by atoms with van der Waals surface area (Å²) in [4.78, 5) is 45.6. The van der Waals surface area contributed by atoms with Crippen LogP contribution in [0.4, 0.5) is 0 Å². The maximum absolute atomic E-state index is 12.2. The van der Waals surface area contributed by atoms with Crippen molar-refractivity contribution in [2.45, 2.75) is 57.8 Å². The second kappa shape index (κ2) is 9.83. The molecule has 10 heteroatoms. The highest BCUT2D eigenvalue weighted by Crippen LogP contribution is 2.06. The minimum Gasteiger partial charge on any atom is -0.481 e. The molecular formula is C14H25N3O7. The number of hydrogen-bond donors (Lipinski definition) is 6. The Balaban J connectivity index is 4.97. The Kier molecular flexibility index (Phi) is 8.93. The molecule has 0 radical (unpaired) electrons. The van der Waals surface area contributed by atoms with Crippen LogP contribution in [0.3, 0.4) is 0 Å². The zero-order valence-corrected chi connectivity index (χ0v) is 13.9. The van der Waals surface area contributed by atoms with Crippen molar-refractivity contribution < 1.29 is 34.5 Å². The molecule has 4 unspecified atom stereocenters. The number of nitrogens with two attached hydrogens (primary N) is 1. The molecule has 0 aromatic rings. The van der Waals surface area contributed by atoms with Crippen molar-refractivity contribution in [2.75, 3.05) is 0 Å². The maximum atomic E-state index is 12.2. The molecule has 24 heavy (non-hydrogen) atoms. The number of aliphatic hydroxyl groups excluding tert-OH is 1. The largest absolute Gasteiger partial charge is 0.481 e. The summed E-state index contributed by atoms with van der Waals surface area (Å²) in [6.07, 6.45) is -1.81. The molecule has 0 aromatic carbocycles. The third-order valence-electron chi connectivity index (χ3n) is 3.12. The van der Waals surface area contributed by atoms with Gasteiger partial charge in [0.1, 0.15) is 12.1 Å². The number of rotatable bonds is 10. The summed E-state index contributed by atoms with van der Waals surface area (Å²) in [6.45, 7) is 4.79. The molecule has 138 valence electrons. The Morgan fingerprint density at radius 1 is 1.00 bits per heavy atom. The molecule has 0 aliphatic rings. The lowest BCUT2D eigenvalue weighted by Gasteiger charge is -2.25. The average molecular weight is 347 g/mol. The van der Waals surface area contributed by atoms with Gasteiger partial charge in [-0.15, -0.1) is 0 Å². The van der Waals surface area contributed by atoms with E-state index in [1.807, 2.05) is 0 Å².